The first-order valence-corrected chi connectivity index (χ1v) is 5.11. The molecule has 1 rings (SSSR count). The highest BCUT2D eigenvalue weighted by molar-refractivity contribution is 5.57. The molecule has 2 nitrogen and oxygen atoms in total. The normalized spacial score (nSPS) is 10.9. The smallest absolute Gasteiger partial charge is 0.184 e. The third kappa shape index (κ3) is 2.50. The van der Waals surface area contributed by atoms with Crippen molar-refractivity contribution < 1.29 is 0 Å². The molecule has 0 atom stereocenters. The summed E-state index contributed by atoms with van der Waals surface area (Å²) in [4.78, 5) is 1.59. The van der Waals surface area contributed by atoms with Gasteiger partial charge < -0.3 is 0 Å². The van der Waals surface area contributed by atoms with Gasteiger partial charge >= 0.3 is 0 Å². The van der Waals surface area contributed by atoms with E-state index in [0.29, 0.717) is 0 Å². The topological polar surface area (TPSA) is 27.0 Å². The number of hydrogen-bond donors (Lipinski definition) is 0. The van der Waals surface area contributed by atoms with Crippen LogP contribution in [0.25, 0.3) is 0 Å². The molecule has 0 fully saturated rings. The summed E-state index contributed by atoms with van der Waals surface area (Å²) >= 11 is 0. The Balaban J connectivity index is 3.16. The van der Waals surface area contributed by atoms with Crippen LogP contribution in [0.4, 0.5) is 5.69 Å². The molecule has 0 aliphatic heterocycles. The highest BCUT2D eigenvalue weighted by Gasteiger charge is 2.15. The van der Waals surface area contributed by atoms with Crippen molar-refractivity contribution in [2.45, 2.75) is 33.1 Å². The molecule has 0 bridgehead atoms. The number of hydrogen-bond acceptors (Lipinski definition) is 2. The summed E-state index contributed by atoms with van der Waals surface area (Å²) in [7, 11) is 1.78. The summed E-state index contributed by atoms with van der Waals surface area (Å²) in [6.45, 7) is 8.61. The molecule has 0 amide bonds. The minimum atomic E-state index is 0.161. The molecule has 1 aromatic rings. The van der Waals surface area contributed by atoms with Gasteiger partial charge in [0.05, 0.1) is 5.69 Å². The number of rotatable bonds is 1. The number of anilines is 1. The van der Waals surface area contributed by atoms with E-state index in [2.05, 4.69) is 39.1 Å². The predicted octanol–water partition coefficient (Wildman–Crippen LogP) is 3.21. The van der Waals surface area contributed by atoms with Crippen LogP contribution in [-0.4, -0.2) is 7.05 Å². The van der Waals surface area contributed by atoms with E-state index >= 15 is 0 Å². The SMILES string of the molecule is Cc1cc(C(C)(C)C)ccc1N(C)C#N. The van der Waals surface area contributed by atoms with Gasteiger partial charge in [0.2, 0.25) is 0 Å². The van der Waals surface area contributed by atoms with E-state index in [0.717, 1.165) is 11.3 Å². The first-order valence-electron chi connectivity index (χ1n) is 5.11. The Labute approximate surface area is 92.1 Å². The Kier molecular flexibility index (Phi) is 3.04. The van der Waals surface area contributed by atoms with Crippen LogP contribution in [0.2, 0.25) is 0 Å². The molecule has 0 aliphatic rings. The molecular weight excluding hydrogens is 184 g/mol. The largest absolute Gasteiger partial charge is 0.282 e. The maximum Gasteiger partial charge on any atom is 0.184 e. The van der Waals surface area contributed by atoms with Gasteiger partial charge in [-0.1, -0.05) is 32.9 Å². The lowest BCUT2D eigenvalue weighted by atomic mass is 9.86. The van der Waals surface area contributed by atoms with Gasteiger partial charge in [0.15, 0.2) is 6.19 Å². The van der Waals surface area contributed by atoms with Crippen molar-refractivity contribution in [3.8, 4) is 6.19 Å². The van der Waals surface area contributed by atoms with Gasteiger partial charge in [-0.05, 0) is 29.5 Å². The molecule has 0 spiro atoms. The minimum absolute atomic E-state index is 0.161. The second kappa shape index (κ2) is 3.94. The third-order valence-corrected chi connectivity index (χ3v) is 2.57. The van der Waals surface area contributed by atoms with Gasteiger partial charge in [0.1, 0.15) is 0 Å². The Morgan fingerprint density at radius 2 is 1.87 bits per heavy atom. The molecular formula is C13H18N2. The molecule has 0 radical (unpaired) electrons. The van der Waals surface area contributed by atoms with E-state index in [-0.39, 0.29) is 5.41 Å². The van der Waals surface area contributed by atoms with Crippen LogP contribution in [0.1, 0.15) is 31.9 Å². The Hall–Kier alpha value is -1.49. The summed E-state index contributed by atoms with van der Waals surface area (Å²) in [6.07, 6.45) is 2.11. The molecule has 2 heteroatoms. The minimum Gasteiger partial charge on any atom is -0.282 e. The summed E-state index contributed by atoms with van der Waals surface area (Å²) < 4.78 is 0. The number of nitriles is 1. The highest BCUT2D eigenvalue weighted by Crippen LogP contribution is 2.27. The van der Waals surface area contributed by atoms with E-state index < -0.39 is 0 Å². The fourth-order valence-electron chi connectivity index (χ4n) is 1.55. The zero-order chi connectivity index (χ0) is 11.6. The number of benzene rings is 1. The Morgan fingerprint density at radius 3 is 2.27 bits per heavy atom. The van der Waals surface area contributed by atoms with E-state index in [1.54, 1.807) is 11.9 Å². The lowest BCUT2D eigenvalue weighted by Gasteiger charge is -2.21. The van der Waals surface area contributed by atoms with Crippen molar-refractivity contribution in [3.63, 3.8) is 0 Å². The Bertz CT molecular complexity index is 394. The lowest BCUT2D eigenvalue weighted by Crippen LogP contribution is -2.14. The van der Waals surface area contributed by atoms with Gasteiger partial charge in [0.25, 0.3) is 0 Å². The zero-order valence-corrected chi connectivity index (χ0v) is 10.1. The van der Waals surface area contributed by atoms with Crippen LogP contribution in [0.3, 0.4) is 0 Å². The zero-order valence-electron chi connectivity index (χ0n) is 10.1. The molecule has 0 unspecified atom stereocenters. The summed E-state index contributed by atoms with van der Waals surface area (Å²) in [6, 6.07) is 6.26. The first kappa shape index (κ1) is 11.6. The van der Waals surface area contributed by atoms with Gasteiger partial charge in [-0.3, -0.25) is 4.90 Å². The van der Waals surface area contributed by atoms with Gasteiger partial charge in [-0.25, -0.2) is 0 Å². The Morgan fingerprint density at radius 1 is 1.27 bits per heavy atom. The molecule has 0 aromatic heterocycles. The second-order valence-corrected chi connectivity index (χ2v) is 4.91. The fraction of sp³-hybridized carbons (Fsp3) is 0.462. The van der Waals surface area contributed by atoms with E-state index in [4.69, 9.17) is 5.26 Å². The summed E-state index contributed by atoms with van der Waals surface area (Å²) in [5.74, 6) is 0. The lowest BCUT2D eigenvalue weighted by molar-refractivity contribution is 0.590. The van der Waals surface area contributed by atoms with E-state index in [1.807, 2.05) is 13.0 Å². The average molecular weight is 202 g/mol. The fourth-order valence-corrected chi connectivity index (χ4v) is 1.55. The van der Waals surface area contributed by atoms with Crippen LogP contribution in [0.15, 0.2) is 18.2 Å². The predicted molar refractivity (Wildman–Crippen MR) is 63.9 cm³/mol. The van der Waals surface area contributed by atoms with Crippen molar-refractivity contribution in [1.82, 2.24) is 0 Å². The van der Waals surface area contributed by atoms with Crippen LogP contribution in [0, 0.1) is 18.4 Å². The molecule has 0 saturated heterocycles. The maximum atomic E-state index is 8.82. The molecule has 0 N–H and O–H groups in total. The molecule has 80 valence electrons. The van der Waals surface area contributed by atoms with E-state index in [9.17, 15) is 0 Å². The van der Waals surface area contributed by atoms with Crippen molar-refractivity contribution in [2.75, 3.05) is 11.9 Å². The number of nitrogens with zero attached hydrogens (tertiary/aromatic N) is 2. The van der Waals surface area contributed by atoms with Crippen LogP contribution in [-0.2, 0) is 5.41 Å². The monoisotopic (exact) mass is 202 g/mol. The van der Waals surface area contributed by atoms with Crippen LogP contribution >= 0.6 is 0 Å². The molecule has 15 heavy (non-hydrogen) atoms. The second-order valence-electron chi connectivity index (χ2n) is 4.91. The highest BCUT2D eigenvalue weighted by atomic mass is 15.1. The molecule has 0 heterocycles. The van der Waals surface area contributed by atoms with Gasteiger partial charge in [-0.2, -0.15) is 5.26 Å². The standard InChI is InChI=1S/C13H18N2/c1-10-8-11(13(2,3)4)6-7-12(10)15(5)9-14/h6-8H,1-5H3. The molecule has 0 aliphatic carbocycles. The van der Waals surface area contributed by atoms with Crippen molar-refractivity contribution in [1.29, 1.82) is 5.26 Å². The van der Waals surface area contributed by atoms with Crippen LogP contribution in [0.5, 0.6) is 0 Å². The van der Waals surface area contributed by atoms with Crippen molar-refractivity contribution in [3.05, 3.63) is 29.3 Å². The maximum absolute atomic E-state index is 8.82. The summed E-state index contributed by atoms with van der Waals surface area (Å²) in [5.41, 5.74) is 3.58. The third-order valence-electron chi connectivity index (χ3n) is 2.57. The van der Waals surface area contributed by atoms with Gasteiger partial charge in [-0.15, -0.1) is 0 Å². The van der Waals surface area contributed by atoms with E-state index in [1.165, 1.54) is 5.56 Å². The first-order chi connectivity index (χ1) is 6.86. The van der Waals surface area contributed by atoms with Crippen molar-refractivity contribution in [2.24, 2.45) is 0 Å². The van der Waals surface area contributed by atoms with Crippen LogP contribution < -0.4 is 4.90 Å². The number of aryl methyl sites for hydroxylation is 1. The molecule has 1 aromatic carbocycles. The molecule has 0 saturated carbocycles. The summed E-state index contributed by atoms with van der Waals surface area (Å²) in [5, 5.41) is 8.82. The van der Waals surface area contributed by atoms with Gasteiger partial charge in [0, 0.05) is 7.05 Å². The average Bonchev–Trinajstić information content (AvgIpc) is 2.15. The quantitative estimate of drug-likeness (QED) is 0.516. The van der Waals surface area contributed by atoms with Crippen molar-refractivity contribution >= 4 is 5.69 Å².